The van der Waals surface area contributed by atoms with E-state index in [-0.39, 0.29) is 0 Å². The molecule has 0 aromatic carbocycles. The van der Waals surface area contributed by atoms with Gasteiger partial charge in [-0.15, -0.1) is 0 Å². The first-order valence-corrected chi connectivity index (χ1v) is 7.68. The SMILES string of the molecule is Nc1ccc(Cl)c(CN2CCC3(CCCC3)CC2)n1. The lowest BCUT2D eigenvalue weighted by Gasteiger charge is -2.39. The van der Waals surface area contributed by atoms with Gasteiger partial charge in [-0.2, -0.15) is 0 Å². The zero-order valence-corrected chi connectivity index (χ0v) is 12.1. The van der Waals surface area contributed by atoms with E-state index in [4.69, 9.17) is 17.3 Å². The van der Waals surface area contributed by atoms with Gasteiger partial charge in [0.15, 0.2) is 0 Å². The lowest BCUT2D eigenvalue weighted by Crippen LogP contribution is -2.38. The fourth-order valence-corrected chi connectivity index (χ4v) is 3.80. The minimum Gasteiger partial charge on any atom is -0.384 e. The van der Waals surface area contributed by atoms with Gasteiger partial charge in [-0.3, -0.25) is 4.90 Å². The van der Waals surface area contributed by atoms with Crippen LogP contribution in [0, 0.1) is 5.41 Å². The average Bonchev–Trinajstić information content (AvgIpc) is 2.85. The van der Waals surface area contributed by atoms with Crippen molar-refractivity contribution in [2.45, 2.75) is 45.1 Å². The molecule has 1 spiro atoms. The van der Waals surface area contributed by atoms with Crippen LogP contribution in [0.4, 0.5) is 5.82 Å². The summed E-state index contributed by atoms with van der Waals surface area (Å²) < 4.78 is 0. The molecule has 1 saturated carbocycles. The van der Waals surface area contributed by atoms with Crippen molar-refractivity contribution in [3.05, 3.63) is 22.8 Å². The summed E-state index contributed by atoms with van der Waals surface area (Å²) >= 11 is 6.19. The second-order valence-electron chi connectivity index (χ2n) is 6.15. The number of hydrogen-bond donors (Lipinski definition) is 1. The van der Waals surface area contributed by atoms with Crippen LogP contribution in [0.2, 0.25) is 5.02 Å². The average molecular weight is 280 g/mol. The Morgan fingerprint density at radius 2 is 1.84 bits per heavy atom. The molecule has 0 unspecified atom stereocenters. The molecule has 1 aliphatic carbocycles. The molecular formula is C15H22ClN3. The zero-order valence-electron chi connectivity index (χ0n) is 11.4. The van der Waals surface area contributed by atoms with E-state index in [2.05, 4.69) is 9.88 Å². The molecule has 1 saturated heterocycles. The van der Waals surface area contributed by atoms with E-state index in [9.17, 15) is 0 Å². The third-order valence-electron chi connectivity index (χ3n) is 4.89. The third kappa shape index (κ3) is 2.87. The predicted molar refractivity (Wildman–Crippen MR) is 79.1 cm³/mol. The van der Waals surface area contributed by atoms with Gasteiger partial charge in [-0.05, 0) is 56.3 Å². The van der Waals surface area contributed by atoms with Gasteiger partial charge < -0.3 is 5.73 Å². The maximum absolute atomic E-state index is 6.19. The van der Waals surface area contributed by atoms with E-state index in [0.29, 0.717) is 11.2 Å². The molecule has 19 heavy (non-hydrogen) atoms. The van der Waals surface area contributed by atoms with E-state index in [1.54, 1.807) is 6.07 Å². The Kier molecular flexibility index (Phi) is 3.68. The van der Waals surface area contributed by atoms with Crippen LogP contribution in [0.1, 0.15) is 44.2 Å². The molecule has 1 aromatic heterocycles. The van der Waals surface area contributed by atoms with Gasteiger partial charge in [-0.1, -0.05) is 24.4 Å². The molecule has 2 aliphatic rings. The van der Waals surface area contributed by atoms with Crippen LogP contribution in [-0.2, 0) is 6.54 Å². The molecule has 1 aromatic rings. The highest BCUT2D eigenvalue weighted by Crippen LogP contribution is 2.46. The van der Waals surface area contributed by atoms with Crippen molar-refractivity contribution in [2.75, 3.05) is 18.8 Å². The van der Waals surface area contributed by atoms with Crippen LogP contribution in [0.15, 0.2) is 12.1 Å². The van der Waals surface area contributed by atoms with Crippen LogP contribution in [0.25, 0.3) is 0 Å². The number of nitrogen functional groups attached to an aromatic ring is 1. The molecule has 1 aliphatic heterocycles. The second-order valence-corrected chi connectivity index (χ2v) is 6.56. The van der Waals surface area contributed by atoms with Gasteiger partial charge in [0.05, 0.1) is 10.7 Å². The van der Waals surface area contributed by atoms with Gasteiger partial charge in [0.25, 0.3) is 0 Å². The molecule has 0 atom stereocenters. The summed E-state index contributed by atoms with van der Waals surface area (Å²) in [5.41, 5.74) is 7.33. The minimum atomic E-state index is 0.559. The van der Waals surface area contributed by atoms with Crippen molar-refractivity contribution < 1.29 is 0 Å². The van der Waals surface area contributed by atoms with E-state index >= 15 is 0 Å². The third-order valence-corrected chi connectivity index (χ3v) is 5.24. The monoisotopic (exact) mass is 279 g/mol. The fraction of sp³-hybridized carbons (Fsp3) is 0.667. The van der Waals surface area contributed by atoms with Crippen molar-refractivity contribution in [1.82, 2.24) is 9.88 Å². The Balaban J connectivity index is 1.61. The van der Waals surface area contributed by atoms with Gasteiger partial charge in [-0.25, -0.2) is 4.98 Å². The van der Waals surface area contributed by atoms with Crippen molar-refractivity contribution >= 4 is 17.4 Å². The van der Waals surface area contributed by atoms with Gasteiger partial charge in [0.2, 0.25) is 0 Å². The van der Waals surface area contributed by atoms with Crippen LogP contribution in [0.5, 0.6) is 0 Å². The van der Waals surface area contributed by atoms with E-state index in [1.807, 2.05) is 6.07 Å². The first-order chi connectivity index (χ1) is 9.17. The largest absolute Gasteiger partial charge is 0.384 e. The molecule has 104 valence electrons. The van der Waals surface area contributed by atoms with E-state index in [1.165, 1.54) is 51.6 Å². The van der Waals surface area contributed by atoms with Crippen molar-refractivity contribution in [2.24, 2.45) is 5.41 Å². The topological polar surface area (TPSA) is 42.1 Å². The van der Waals surface area contributed by atoms with Gasteiger partial charge >= 0.3 is 0 Å². The summed E-state index contributed by atoms with van der Waals surface area (Å²) in [6, 6.07) is 3.61. The Hall–Kier alpha value is -0.800. The highest BCUT2D eigenvalue weighted by Gasteiger charge is 2.36. The molecule has 0 amide bonds. The second kappa shape index (κ2) is 5.29. The van der Waals surface area contributed by atoms with Crippen molar-refractivity contribution in [1.29, 1.82) is 0 Å². The molecule has 0 radical (unpaired) electrons. The van der Waals surface area contributed by atoms with Gasteiger partial charge in [0, 0.05) is 6.54 Å². The lowest BCUT2D eigenvalue weighted by molar-refractivity contribution is 0.103. The lowest BCUT2D eigenvalue weighted by atomic mass is 9.77. The molecule has 0 bridgehead atoms. The highest BCUT2D eigenvalue weighted by molar-refractivity contribution is 6.31. The number of halogens is 1. The summed E-state index contributed by atoms with van der Waals surface area (Å²) in [5.74, 6) is 0.559. The molecule has 2 fully saturated rings. The summed E-state index contributed by atoms with van der Waals surface area (Å²) in [5, 5.41) is 0.732. The number of nitrogens with zero attached hydrogens (tertiary/aromatic N) is 2. The molecule has 3 rings (SSSR count). The quantitative estimate of drug-likeness (QED) is 0.901. The normalized spacial score (nSPS) is 23.0. The molecule has 2 N–H and O–H groups in total. The number of hydrogen-bond acceptors (Lipinski definition) is 3. The highest BCUT2D eigenvalue weighted by atomic mass is 35.5. The minimum absolute atomic E-state index is 0.559. The maximum atomic E-state index is 6.19. The summed E-state index contributed by atoms with van der Waals surface area (Å²) in [4.78, 5) is 6.83. The molecule has 4 heteroatoms. The van der Waals surface area contributed by atoms with Crippen LogP contribution < -0.4 is 5.73 Å². The number of pyridine rings is 1. The van der Waals surface area contributed by atoms with E-state index < -0.39 is 0 Å². The number of piperidine rings is 1. The van der Waals surface area contributed by atoms with Crippen LogP contribution in [0.3, 0.4) is 0 Å². The van der Waals surface area contributed by atoms with Crippen molar-refractivity contribution in [3.8, 4) is 0 Å². The van der Waals surface area contributed by atoms with Crippen molar-refractivity contribution in [3.63, 3.8) is 0 Å². The van der Waals surface area contributed by atoms with E-state index in [0.717, 1.165) is 17.3 Å². The predicted octanol–water partition coefficient (Wildman–Crippen LogP) is 3.47. The fourth-order valence-electron chi connectivity index (χ4n) is 3.63. The number of anilines is 1. The Bertz CT molecular complexity index is 445. The summed E-state index contributed by atoms with van der Waals surface area (Å²) in [6.45, 7) is 3.18. The zero-order chi connectivity index (χ0) is 13.3. The molecule has 2 heterocycles. The maximum Gasteiger partial charge on any atom is 0.123 e. The molecular weight excluding hydrogens is 258 g/mol. The Morgan fingerprint density at radius 1 is 1.16 bits per heavy atom. The first kappa shape index (κ1) is 13.2. The molecule has 3 nitrogen and oxygen atoms in total. The number of nitrogens with two attached hydrogens (primary N) is 1. The first-order valence-electron chi connectivity index (χ1n) is 7.30. The Labute approximate surface area is 120 Å². The summed E-state index contributed by atoms with van der Waals surface area (Å²) in [6.07, 6.45) is 8.43. The number of aromatic nitrogens is 1. The number of likely N-dealkylation sites (tertiary alicyclic amines) is 1. The van der Waals surface area contributed by atoms with Crippen LogP contribution >= 0.6 is 11.6 Å². The van der Waals surface area contributed by atoms with Crippen LogP contribution in [-0.4, -0.2) is 23.0 Å². The number of rotatable bonds is 2. The Morgan fingerprint density at radius 3 is 2.53 bits per heavy atom. The standard InChI is InChI=1S/C15H22ClN3/c16-12-3-4-14(17)18-13(12)11-19-9-7-15(8-10-19)5-1-2-6-15/h3-4H,1-2,5-11H2,(H2,17,18). The smallest absolute Gasteiger partial charge is 0.123 e. The van der Waals surface area contributed by atoms with Gasteiger partial charge in [0.1, 0.15) is 5.82 Å². The summed E-state index contributed by atoms with van der Waals surface area (Å²) in [7, 11) is 0.